The van der Waals surface area contributed by atoms with E-state index in [0.29, 0.717) is 23.9 Å². The summed E-state index contributed by atoms with van der Waals surface area (Å²) in [6, 6.07) is 11.2. The van der Waals surface area contributed by atoms with E-state index >= 15 is 0 Å². The maximum atomic E-state index is 11.4. The van der Waals surface area contributed by atoms with E-state index < -0.39 is 0 Å². The SMILES string of the molecule is CCOC(=O)/C=C\c1ccc(Nc2ncnc3cc(OC)c(OC)cc23)cc1. The van der Waals surface area contributed by atoms with Gasteiger partial charge in [0.2, 0.25) is 0 Å². The van der Waals surface area contributed by atoms with Crippen LogP contribution in [-0.2, 0) is 9.53 Å². The van der Waals surface area contributed by atoms with Crippen molar-refractivity contribution < 1.29 is 19.0 Å². The molecule has 28 heavy (non-hydrogen) atoms. The summed E-state index contributed by atoms with van der Waals surface area (Å²) < 4.78 is 15.6. The van der Waals surface area contributed by atoms with E-state index in [1.807, 2.05) is 36.4 Å². The monoisotopic (exact) mass is 379 g/mol. The van der Waals surface area contributed by atoms with Crippen LogP contribution in [0.3, 0.4) is 0 Å². The highest BCUT2D eigenvalue weighted by atomic mass is 16.5. The van der Waals surface area contributed by atoms with E-state index in [1.165, 1.54) is 12.4 Å². The number of aromatic nitrogens is 2. The smallest absolute Gasteiger partial charge is 0.330 e. The third-order valence-electron chi connectivity index (χ3n) is 4.01. The lowest BCUT2D eigenvalue weighted by Gasteiger charge is -2.12. The van der Waals surface area contributed by atoms with Gasteiger partial charge in [-0.3, -0.25) is 0 Å². The number of ether oxygens (including phenoxy) is 3. The van der Waals surface area contributed by atoms with Crippen molar-refractivity contribution in [3.8, 4) is 11.5 Å². The van der Waals surface area contributed by atoms with Gasteiger partial charge in [0, 0.05) is 23.2 Å². The summed E-state index contributed by atoms with van der Waals surface area (Å²) >= 11 is 0. The number of hydrogen-bond acceptors (Lipinski definition) is 7. The van der Waals surface area contributed by atoms with Gasteiger partial charge < -0.3 is 19.5 Å². The number of esters is 1. The van der Waals surface area contributed by atoms with Gasteiger partial charge in [-0.2, -0.15) is 0 Å². The maximum Gasteiger partial charge on any atom is 0.330 e. The molecular formula is C21H21N3O4. The molecule has 0 saturated carbocycles. The normalized spacial score (nSPS) is 10.8. The fraction of sp³-hybridized carbons (Fsp3) is 0.190. The van der Waals surface area contributed by atoms with Crippen LogP contribution in [0, 0.1) is 0 Å². The standard InChI is InChI=1S/C21H21N3O4/c1-4-28-20(25)10-7-14-5-8-15(9-6-14)24-21-16-11-18(26-2)19(27-3)12-17(16)22-13-23-21/h5-13H,4H2,1-3H3,(H,22,23,24)/b10-7-. The van der Waals surface area contributed by atoms with Crippen molar-refractivity contribution in [2.75, 3.05) is 26.1 Å². The second kappa shape index (κ2) is 8.85. The quantitative estimate of drug-likeness (QED) is 0.491. The summed E-state index contributed by atoms with van der Waals surface area (Å²) in [7, 11) is 3.17. The molecule has 1 heterocycles. The Morgan fingerprint density at radius 1 is 1.07 bits per heavy atom. The largest absolute Gasteiger partial charge is 0.493 e. The summed E-state index contributed by atoms with van der Waals surface area (Å²) in [6.45, 7) is 2.13. The average molecular weight is 379 g/mol. The minimum atomic E-state index is -0.360. The fourth-order valence-electron chi connectivity index (χ4n) is 2.65. The molecule has 0 spiro atoms. The first-order valence-electron chi connectivity index (χ1n) is 8.73. The van der Waals surface area contributed by atoms with Gasteiger partial charge in [-0.1, -0.05) is 12.1 Å². The van der Waals surface area contributed by atoms with Crippen molar-refractivity contribution in [3.63, 3.8) is 0 Å². The molecule has 0 aliphatic heterocycles. The Hall–Kier alpha value is -3.61. The molecule has 0 bridgehead atoms. The van der Waals surface area contributed by atoms with Gasteiger partial charge in [-0.15, -0.1) is 0 Å². The highest BCUT2D eigenvalue weighted by Crippen LogP contribution is 2.34. The molecule has 1 N–H and O–H groups in total. The van der Waals surface area contributed by atoms with Crippen LogP contribution in [0.1, 0.15) is 12.5 Å². The molecule has 144 valence electrons. The predicted octanol–water partition coefficient (Wildman–Crippen LogP) is 3.97. The molecule has 0 saturated heterocycles. The van der Waals surface area contributed by atoms with Crippen molar-refractivity contribution in [2.24, 2.45) is 0 Å². The summed E-state index contributed by atoms with van der Waals surface area (Å²) in [4.78, 5) is 20.0. The maximum absolute atomic E-state index is 11.4. The Kier molecular flexibility index (Phi) is 6.06. The lowest BCUT2D eigenvalue weighted by molar-refractivity contribution is -0.137. The molecule has 2 aromatic carbocycles. The number of fused-ring (bicyclic) bond motifs is 1. The van der Waals surface area contributed by atoms with Gasteiger partial charge in [0.1, 0.15) is 12.1 Å². The van der Waals surface area contributed by atoms with Gasteiger partial charge in [0.05, 0.1) is 26.3 Å². The Bertz CT molecular complexity index is 1000. The number of methoxy groups -OCH3 is 2. The van der Waals surface area contributed by atoms with Gasteiger partial charge in [0.15, 0.2) is 11.5 Å². The highest BCUT2D eigenvalue weighted by molar-refractivity contribution is 5.93. The van der Waals surface area contributed by atoms with Gasteiger partial charge in [0.25, 0.3) is 0 Å². The number of benzene rings is 2. The molecule has 7 nitrogen and oxygen atoms in total. The number of nitrogens with zero attached hydrogens (tertiary/aromatic N) is 2. The van der Waals surface area contributed by atoms with E-state index in [9.17, 15) is 4.79 Å². The van der Waals surface area contributed by atoms with E-state index in [2.05, 4.69) is 15.3 Å². The van der Waals surface area contributed by atoms with E-state index in [-0.39, 0.29) is 5.97 Å². The van der Waals surface area contributed by atoms with Crippen molar-refractivity contribution in [1.29, 1.82) is 0 Å². The zero-order chi connectivity index (χ0) is 19.9. The molecule has 0 atom stereocenters. The molecular weight excluding hydrogens is 358 g/mol. The first-order chi connectivity index (χ1) is 13.6. The molecule has 1 aromatic heterocycles. The van der Waals surface area contributed by atoms with E-state index in [1.54, 1.807) is 27.2 Å². The second-order valence-corrected chi connectivity index (χ2v) is 5.78. The molecule has 3 aromatic rings. The average Bonchev–Trinajstić information content (AvgIpc) is 2.72. The van der Waals surface area contributed by atoms with Gasteiger partial charge in [-0.05, 0) is 36.8 Å². The van der Waals surface area contributed by atoms with E-state index in [0.717, 1.165) is 22.2 Å². The molecule has 0 aliphatic rings. The number of rotatable bonds is 7. The number of hydrogen-bond donors (Lipinski definition) is 1. The van der Waals surface area contributed by atoms with E-state index in [4.69, 9.17) is 14.2 Å². The highest BCUT2D eigenvalue weighted by Gasteiger charge is 2.11. The van der Waals surface area contributed by atoms with Crippen LogP contribution in [0.4, 0.5) is 11.5 Å². The van der Waals surface area contributed by atoms with Crippen molar-refractivity contribution in [3.05, 3.63) is 54.4 Å². The lowest BCUT2D eigenvalue weighted by Crippen LogP contribution is -1.99. The van der Waals surface area contributed by atoms with Crippen LogP contribution in [0.15, 0.2) is 48.8 Å². The Labute approximate surface area is 163 Å². The van der Waals surface area contributed by atoms with Crippen molar-refractivity contribution in [1.82, 2.24) is 9.97 Å². The molecule has 7 heteroatoms. The first kappa shape index (κ1) is 19.2. The number of carbonyl (C=O) groups excluding carboxylic acids is 1. The zero-order valence-electron chi connectivity index (χ0n) is 15.9. The summed E-state index contributed by atoms with van der Waals surface area (Å²) in [5.41, 5.74) is 2.48. The predicted molar refractivity (Wildman–Crippen MR) is 108 cm³/mol. The number of nitrogens with one attached hydrogen (secondary N) is 1. The van der Waals surface area contributed by atoms with Crippen LogP contribution in [0.25, 0.3) is 17.0 Å². The van der Waals surface area contributed by atoms with Crippen LogP contribution in [0.5, 0.6) is 11.5 Å². The third kappa shape index (κ3) is 4.37. The number of anilines is 2. The fourth-order valence-corrected chi connectivity index (χ4v) is 2.65. The topological polar surface area (TPSA) is 82.6 Å². The Balaban J connectivity index is 1.83. The summed E-state index contributed by atoms with van der Waals surface area (Å²) in [6.07, 6.45) is 4.61. The lowest BCUT2D eigenvalue weighted by atomic mass is 10.1. The van der Waals surface area contributed by atoms with Crippen molar-refractivity contribution in [2.45, 2.75) is 6.92 Å². The summed E-state index contributed by atoms with van der Waals surface area (Å²) in [5, 5.41) is 4.10. The molecule has 0 unspecified atom stereocenters. The molecule has 0 radical (unpaired) electrons. The molecule has 0 amide bonds. The van der Waals surface area contributed by atoms with Crippen LogP contribution in [-0.4, -0.2) is 36.8 Å². The second-order valence-electron chi connectivity index (χ2n) is 5.78. The molecule has 0 aliphatic carbocycles. The molecule has 0 fully saturated rings. The Morgan fingerprint density at radius 3 is 2.46 bits per heavy atom. The van der Waals surface area contributed by atoms with Crippen LogP contribution < -0.4 is 14.8 Å². The van der Waals surface area contributed by atoms with Crippen LogP contribution in [0.2, 0.25) is 0 Å². The minimum absolute atomic E-state index is 0.357. The molecule has 3 rings (SSSR count). The summed E-state index contributed by atoms with van der Waals surface area (Å²) in [5.74, 6) is 1.51. The van der Waals surface area contributed by atoms with Crippen LogP contribution >= 0.6 is 0 Å². The van der Waals surface area contributed by atoms with Gasteiger partial charge in [-0.25, -0.2) is 14.8 Å². The Morgan fingerprint density at radius 2 is 1.79 bits per heavy atom. The van der Waals surface area contributed by atoms with Gasteiger partial charge >= 0.3 is 5.97 Å². The third-order valence-corrected chi connectivity index (χ3v) is 4.01. The zero-order valence-corrected chi connectivity index (χ0v) is 15.9. The van der Waals surface area contributed by atoms with Crippen molar-refractivity contribution >= 4 is 34.5 Å². The number of carbonyl (C=O) groups is 1. The minimum Gasteiger partial charge on any atom is -0.493 e. The first-order valence-corrected chi connectivity index (χ1v) is 8.73.